The minimum Gasteiger partial charge on any atom is -0.481 e. The summed E-state index contributed by atoms with van der Waals surface area (Å²) in [5.41, 5.74) is -8.49. The standard InChI is InChI=1S/C74H142O8/c1-65(2)59-53-47-41-35-29-23-17-11-8-14-20-26-32-38-44-50-56-62-72(69(76)77,63-57-51-45-39-33-27-21-15-9-12-18-24-30-36-42-48-54-60-66(3)4)74(82,71(80)81)73(68(7)75,70(78)79)64-58-52-46-40-34-28-22-16-10-13-19-25-31-37-43-49-55-61-67(5)6/h65-67,82H,8-64H2,1-7H3,(H,76,77)(H,78,79)(H,80,81). The molecule has 0 fully saturated rings. The predicted molar refractivity (Wildman–Crippen MR) is 351 cm³/mol. The molecule has 0 bridgehead atoms. The number of Topliss-reactive ketones (excluding diaryl/α,β-unsaturated/α-hetero) is 1. The van der Waals surface area contributed by atoms with Crippen molar-refractivity contribution >= 4 is 23.7 Å². The summed E-state index contributed by atoms with van der Waals surface area (Å²) in [6, 6.07) is 0. The molecule has 0 radical (unpaired) electrons. The highest BCUT2D eigenvalue weighted by Crippen LogP contribution is 2.54. The van der Waals surface area contributed by atoms with Crippen molar-refractivity contribution in [2.24, 2.45) is 28.6 Å². The zero-order chi connectivity index (χ0) is 60.8. The van der Waals surface area contributed by atoms with Gasteiger partial charge in [0, 0.05) is 0 Å². The summed E-state index contributed by atoms with van der Waals surface area (Å²) in [6.07, 6.45) is 61.9. The van der Waals surface area contributed by atoms with Crippen molar-refractivity contribution in [3.63, 3.8) is 0 Å². The summed E-state index contributed by atoms with van der Waals surface area (Å²) in [5.74, 6) is -3.70. The Balaban J connectivity index is 5.37. The van der Waals surface area contributed by atoms with Crippen LogP contribution in [0.2, 0.25) is 0 Å². The third-order valence-electron chi connectivity index (χ3n) is 19.1. The fraction of sp³-hybridized carbons (Fsp3) is 0.946. The van der Waals surface area contributed by atoms with Gasteiger partial charge < -0.3 is 20.4 Å². The monoisotopic (exact) mass is 1160 g/mol. The lowest BCUT2D eigenvalue weighted by molar-refractivity contribution is -0.223. The maximum Gasteiger partial charge on any atom is 0.338 e. The summed E-state index contributed by atoms with van der Waals surface area (Å²) in [6.45, 7) is 14.9. The molecular formula is C74H142O8. The van der Waals surface area contributed by atoms with E-state index in [4.69, 9.17) is 0 Å². The van der Waals surface area contributed by atoms with Gasteiger partial charge >= 0.3 is 17.9 Å². The Hall–Kier alpha value is -1.96. The van der Waals surface area contributed by atoms with Crippen LogP contribution in [-0.2, 0) is 19.2 Å². The molecule has 0 saturated heterocycles. The molecule has 0 heterocycles. The lowest BCUT2D eigenvalue weighted by Crippen LogP contribution is -2.71. The minimum atomic E-state index is -3.34. The van der Waals surface area contributed by atoms with Crippen molar-refractivity contribution in [3.8, 4) is 0 Å². The summed E-state index contributed by atoms with van der Waals surface area (Å²) in [4.78, 5) is 55.1. The molecular weight excluding hydrogens is 1020 g/mol. The zero-order valence-corrected chi connectivity index (χ0v) is 56.0. The highest BCUT2D eigenvalue weighted by Gasteiger charge is 2.74. The average molecular weight is 1160 g/mol. The summed E-state index contributed by atoms with van der Waals surface area (Å²) >= 11 is 0. The van der Waals surface area contributed by atoms with Crippen LogP contribution in [0, 0.1) is 28.6 Å². The number of aliphatic carboxylic acids is 3. The van der Waals surface area contributed by atoms with Gasteiger partial charge in [0.05, 0.1) is 0 Å². The quantitative estimate of drug-likeness (QED) is 0.0347. The van der Waals surface area contributed by atoms with E-state index in [1.807, 2.05) is 0 Å². The summed E-state index contributed by atoms with van der Waals surface area (Å²) < 4.78 is 0. The Kier molecular flexibility index (Phi) is 53.1. The highest BCUT2D eigenvalue weighted by molar-refractivity contribution is 6.10. The average Bonchev–Trinajstić information content (AvgIpc) is 1.53. The van der Waals surface area contributed by atoms with Crippen LogP contribution >= 0.6 is 0 Å². The van der Waals surface area contributed by atoms with E-state index in [0.717, 1.165) is 102 Å². The zero-order valence-electron chi connectivity index (χ0n) is 56.0. The van der Waals surface area contributed by atoms with Crippen molar-refractivity contribution in [1.82, 2.24) is 0 Å². The van der Waals surface area contributed by atoms with E-state index < -0.39 is 46.5 Å². The van der Waals surface area contributed by atoms with Crippen LogP contribution in [0.1, 0.15) is 414 Å². The van der Waals surface area contributed by atoms with Gasteiger partial charge in [0.1, 0.15) is 5.41 Å². The Labute approximate surface area is 509 Å². The van der Waals surface area contributed by atoms with Crippen LogP contribution in [0.4, 0.5) is 0 Å². The van der Waals surface area contributed by atoms with Crippen LogP contribution in [-0.4, -0.2) is 49.7 Å². The second-order valence-corrected chi connectivity index (χ2v) is 28.0. The largest absolute Gasteiger partial charge is 0.481 e. The fourth-order valence-corrected chi connectivity index (χ4v) is 13.5. The molecule has 0 spiro atoms. The number of carboxylic acid groups (broad SMARTS) is 3. The van der Waals surface area contributed by atoms with E-state index in [1.54, 1.807) is 0 Å². The normalized spacial score (nSPS) is 13.6. The predicted octanol–water partition coefficient (Wildman–Crippen LogP) is 23.7. The van der Waals surface area contributed by atoms with Crippen LogP contribution < -0.4 is 0 Å². The number of hydrogen-bond acceptors (Lipinski definition) is 5. The van der Waals surface area contributed by atoms with Gasteiger partial charge in [-0.1, -0.05) is 388 Å². The Bertz CT molecular complexity index is 1410. The van der Waals surface area contributed by atoms with E-state index in [9.17, 15) is 39.6 Å². The Morgan fingerprint density at radius 3 is 0.573 bits per heavy atom. The molecule has 2 unspecified atom stereocenters. The summed E-state index contributed by atoms with van der Waals surface area (Å²) in [7, 11) is 0. The molecule has 0 aromatic rings. The van der Waals surface area contributed by atoms with E-state index in [2.05, 4.69) is 41.5 Å². The lowest BCUT2D eigenvalue weighted by atomic mass is 9.52. The van der Waals surface area contributed by atoms with Gasteiger partial charge in [0.2, 0.25) is 5.60 Å². The molecule has 0 aliphatic heterocycles. The first-order chi connectivity index (χ1) is 39.5. The van der Waals surface area contributed by atoms with Crippen molar-refractivity contribution in [2.45, 2.75) is 420 Å². The first kappa shape index (κ1) is 80.0. The second kappa shape index (κ2) is 54.4. The topological polar surface area (TPSA) is 149 Å². The number of carbonyl (C=O) groups excluding carboxylic acids is 1. The van der Waals surface area contributed by atoms with E-state index in [-0.39, 0.29) is 19.3 Å². The molecule has 0 aromatic carbocycles. The molecule has 8 nitrogen and oxygen atoms in total. The highest BCUT2D eigenvalue weighted by atomic mass is 16.4. The SMILES string of the molecule is CC(=O)C(CCCCCCCCCCCCCCCCCCCC(C)C)(C(=O)O)C(O)(C(=O)O)C(CCCCCCCCCCCCCCCCCCCC(C)C)(CCCCCCCCCCCCCCCCCCCC(C)C)C(=O)O. The van der Waals surface area contributed by atoms with Crippen molar-refractivity contribution < 1.29 is 39.6 Å². The third-order valence-corrected chi connectivity index (χ3v) is 19.1. The minimum absolute atomic E-state index is 0.192. The van der Waals surface area contributed by atoms with Crippen LogP contribution in [0.3, 0.4) is 0 Å². The number of ketones is 1. The molecule has 0 aromatic heterocycles. The van der Waals surface area contributed by atoms with Crippen LogP contribution in [0.15, 0.2) is 0 Å². The number of unbranched alkanes of at least 4 members (excludes halogenated alkanes) is 48. The van der Waals surface area contributed by atoms with Crippen molar-refractivity contribution in [2.75, 3.05) is 0 Å². The molecule has 4 N–H and O–H groups in total. The van der Waals surface area contributed by atoms with E-state index in [0.29, 0.717) is 32.1 Å². The smallest absolute Gasteiger partial charge is 0.338 e. The fourth-order valence-electron chi connectivity index (χ4n) is 13.5. The van der Waals surface area contributed by atoms with Gasteiger partial charge in [-0.2, -0.15) is 0 Å². The van der Waals surface area contributed by atoms with Gasteiger partial charge in [0.15, 0.2) is 11.2 Å². The van der Waals surface area contributed by atoms with Crippen molar-refractivity contribution in [1.29, 1.82) is 0 Å². The number of carboxylic acids is 3. The van der Waals surface area contributed by atoms with E-state index >= 15 is 0 Å². The number of hydrogen-bond donors (Lipinski definition) is 4. The first-order valence-electron chi connectivity index (χ1n) is 36.5. The summed E-state index contributed by atoms with van der Waals surface area (Å²) in [5, 5.41) is 46.2. The Morgan fingerprint density at radius 2 is 0.427 bits per heavy atom. The molecule has 8 heteroatoms. The molecule has 486 valence electrons. The molecule has 0 amide bonds. The van der Waals surface area contributed by atoms with Crippen LogP contribution in [0.5, 0.6) is 0 Å². The van der Waals surface area contributed by atoms with Crippen LogP contribution in [0.25, 0.3) is 0 Å². The maximum atomic E-state index is 13.9. The van der Waals surface area contributed by atoms with Gasteiger partial charge in [-0.3, -0.25) is 14.4 Å². The van der Waals surface area contributed by atoms with Gasteiger partial charge in [-0.05, 0) is 43.9 Å². The van der Waals surface area contributed by atoms with Gasteiger partial charge in [-0.25, -0.2) is 4.79 Å². The lowest BCUT2D eigenvalue weighted by Gasteiger charge is -2.50. The number of carbonyl (C=O) groups is 4. The number of aliphatic hydroxyl groups is 1. The molecule has 0 rings (SSSR count). The first-order valence-corrected chi connectivity index (χ1v) is 36.5. The molecule has 82 heavy (non-hydrogen) atoms. The van der Waals surface area contributed by atoms with Crippen molar-refractivity contribution in [3.05, 3.63) is 0 Å². The molecule has 0 aliphatic carbocycles. The second-order valence-electron chi connectivity index (χ2n) is 28.0. The third kappa shape index (κ3) is 39.0. The number of rotatable bonds is 66. The maximum absolute atomic E-state index is 13.9. The molecule has 0 saturated carbocycles. The molecule has 0 aliphatic rings. The molecule has 2 atom stereocenters. The van der Waals surface area contributed by atoms with Gasteiger partial charge in [0.25, 0.3) is 0 Å². The van der Waals surface area contributed by atoms with E-state index in [1.165, 1.54) is 231 Å². The van der Waals surface area contributed by atoms with Gasteiger partial charge in [-0.15, -0.1) is 0 Å². The Morgan fingerprint density at radius 1 is 0.256 bits per heavy atom.